The first-order valence-corrected chi connectivity index (χ1v) is 10.3. The predicted molar refractivity (Wildman–Crippen MR) is 133 cm³/mol. The van der Waals surface area contributed by atoms with Crippen LogP contribution in [0.4, 0.5) is 10.1 Å². The summed E-state index contributed by atoms with van der Waals surface area (Å²) < 4.78 is 19.3. The molecule has 0 amide bonds. The van der Waals surface area contributed by atoms with Gasteiger partial charge in [-0.2, -0.15) is 0 Å². The van der Waals surface area contributed by atoms with Gasteiger partial charge >= 0.3 is 0 Å². The average Bonchev–Trinajstić information content (AvgIpc) is 3.28. The van der Waals surface area contributed by atoms with E-state index in [1.54, 1.807) is 13.1 Å². The minimum absolute atomic E-state index is 0. The maximum atomic E-state index is 14.0. The summed E-state index contributed by atoms with van der Waals surface area (Å²) in [4.78, 5) is 6.74. The molecule has 0 aromatic heterocycles. The summed E-state index contributed by atoms with van der Waals surface area (Å²) in [5.74, 6) is 0.616. The van der Waals surface area contributed by atoms with Gasteiger partial charge in [0.25, 0.3) is 0 Å². The van der Waals surface area contributed by atoms with Gasteiger partial charge in [0.2, 0.25) is 0 Å². The van der Waals surface area contributed by atoms with Crippen molar-refractivity contribution in [1.82, 2.24) is 10.6 Å². The normalized spacial score (nSPS) is 14.8. The molecular formula is C23H32FIN4O. The van der Waals surface area contributed by atoms with Crippen molar-refractivity contribution in [2.24, 2.45) is 4.99 Å². The van der Waals surface area contributed by atoms with E-state index >= 15 is 0 Å². The van der Waals surface area contributed by atoms with Crippen molar-refractivity contribution < 1.29 is 9.13 Å². The van der Waals surface area contributed by atoms with E-state index in [0.29, 0.717) is 19.1 Å². The molecule has 1 aliphatic rings. The molecule has 2 aromatic rings. The Labute approximate surface area is 196 Å². The molecule has 1 unspecified atom stereocenters. The highest BCUT2D eigenvalue weighted by Crippen LogP contribution is 2.24. The summed E-state index contributed by atoms with van der Waals surface area (Å²) in [6.45, 7) is 7.14. The first-order valence-electron chi connectivity index (χ1n) is 10.3. The zero-order valence-corrected chi connectivity index (χ0v) is 20.3. The van der Waals surface area contributed by atoms with E-state index in [9.17, 15) is 4.39 Å². The fourth-order valence-electron chi connectivity index (χ4n) is 3.56. The minimum atomic E-state index is -0.346. The molecule has 1 fully saturated rings. The summed E-state index contributed by atoms with van der Waals surface area (Å²) >= 11 is 0. The van der Waals surface area contributed by atoms with Crippen LogP contribution in [0, 0.1) is 5.82 Å². The Hall–Kier alpha value is -2.03. The number of rotatable bonds is 7. The number of hydrogen-bond acceptors (Lipinski definition) is 3. The number of benzene rings is 2. The highest BCUT2D eigenvalue weighted by atomic mass is 127. The third-order valence-electron chi connectivity index (χ3n) is 5.17. The first kappa shape index (κ1) is 24.2. The summed E-state index contributed by atoms with van der Waals surface area (Å²) in [6.07, 6.45) is 2.53. The van der Waals surface area contributed by atoms with Gasteiger partial charge in [0, 0.05) is 32.4 Å². The zero-order valence-electron chi connectivity index (χ0n) is 18.0. The summed E-state index contributed by atoms with van der Waals surface area (Å²) in [6, 6.07) is 13.8. The van der Waals surface area contributed by atoms with Crippen LogP contribution < -0.4 is 20.3 Å². The van der Waals surface area contributed by atoms with E-state index < -0.39 is 0 Å². The molecule has 1 heterocycles. The molecule has 0 aliphatic carbocycles. The van der Waals surface area contributed by atoms with Gasteiger partial charge < -0.3 is 20.3 Å². The molecule has 0 radical (unpaired) electrons. The van der Waals surface area contributed by atoms with E-state index in [1.807, 2.05) is 13.0 Å². The lowest BCUT2D eigenvalue weighted by Gasteiger charge is -2.22. The smallest absolute Gasteiger partial charge is 0.191 e. The van der Waals surface area contributed by atoms with Gasteiger partial charge in [-0.1, -0.05) is 18.2 Å². The highest BCUT2D eigenvalue weighted by molar-refractivity contribution is 14.0. The van der Waals surface area contributed by atoms with Crippen molar-refractivity contribution in [2.45, 2.75) is 39.3 Å². The molecule has 7 heteroatoms. The van der Waals surface area contributed by atoms with Crippen LogP contribution >= 0.6 is 24.0 Å². The Morgan fingerprint density at radius 3 is 2.63 bits per heavy atom. The van der Waals surface area contributed by atoms with Crippen LogP contribution in [0.1, 0.15) is 43.9 Å². The Morgan fingerprint density at radius 1 is 1.20 bits per heavy atom. The van der Waals surface area contributed by atoms with Crippen LogP contribution in [-0.2, 0) is 6.54 Å². The van der Waals surface area contributed by atoms with Crippen molar-refractivity contribution in [1.29, 1.82) is 0 Å². The number of nitrogens with zero attached hydrogens (tertiary/aromatic N) is 2. The molecule has 0 bridgehead atoms. The second kappa shape index (κ2) is 12.0. The number of guanidine groups is 1. The molecule has 164 valence electrons. The molecule has 5 nitrogen and oxygen atoms in total. The van der Waals surface area contributed by atoms with Crippen molar-refractivity contribution >= 4 is 35.6 Å². The quantitative estimate of drug-likeness (QED) is 0.307. The third-order valence-corrected chi connectivity index (χ3v) is 5.17. The van der Waals surface area contributed by atoms with E-state index in [2.05, 4.69) is 51.7 Å². The Morgan fingerprint density at radius 2 is 1.97 bits per heavy atom. The molecule has 1 saturated heterocycles. The van der Waals surface area contributed by atoms with Gasteiger partial charge in [-0.15, -0.1) is 24.0 Å². The fourth-order valence-corrected chi connectivity index (χ4v) is 3.56. The standard InChI is InChI=1S/C23H31FN4O.HI/c1-4-29-22-11-10-18(14-21(22)24)16-26-23(25-3)27-17(2)19-8-7-9-20(15-19)28-12-5-6-13-28;/h7-11,14-15,17H,4-6,12-13,16H2,1-3H3,(H2,25,26,27);1H. The number of halogens is 2. The van der Waals surface area contributed by atoms with Crippen LogP contribution in [-0.4, -0.2) is 32.7 Å². The van der Waals surface area contributed by atoms with Gasteiger partial charge in [0.15, 0.2) is 17.5 Å². The molecule has 0 spiro atoms. The number of aliphatic imine (C=N–C) groups is 1. The summed E-state index contributed by atoms with van der Waals surface area (Å²) in [5, 5.41) is 6.67. The maximum Gasteiger partial charge on any atom is 0.191 e. The topological polar surface area (TPSA) is 48.9 Å². The molecule has 1 aliphatic heterocycles. The maximum absolute atomic E-state index is 14.0. The van der Waals surface area contributed by atoms with Gasteiger partial charge in [0.05, 0.1) is 12.6 Å². The Bertz CT molecular complexity index is 840. The SMILES string of the molecule is CCOc1ccc(CNC(=NC)NC(C)c2cccc(N3CCCC3)c2)cc1F.I. The number of anilines is 1. The van der Waals surface area contributed by atoms with Crippen LogP contribution in [0.15, 0.2) is 47.5 Å². The Kier molecular flexibility index (Phi) is 9.68. The summed E-state index contributed by atoms with van der Waals surface area (Å²) in [5.41, 5.74) is 3.32. The zero-order chi connectivity index (χ0) is 20.6. The van der Waals surface area contributed by atoms with Crippen molar-refractivity contribution in [3.63, 3.8) is 0 Å². The monoisotopic (exact) mass is 526 g/mol. The van der Waals surface area contributed by atoms with Crippen molar-refractivity contribution in [2.75, 3.05) is 31.6 Å². The molecule has 1 atom stereocenters. The molecule has 2 N–H and O–H groups in total. The highest BCUT2D eigenvalue weighted by Gasteiger charge is 2.14. The van der Waals surface area contributed by atoms with Crippen LogP contribution in [0.25, 0.3) is 0 Å². The van der Waals surface area contributed by atoms with Crippen LogP contribution in [0.3, 0.4) is 0 Å². The van der Waals surface area contributed by atoms with Gasteiger partial charge in [-0.05, 0) is 62.1 Å². The summed E-state index contributed by atoms with van der Waals surface area (Å²) in [7, 11) is 1.74. The molecule has 0 saturated carbocycles. The van der Waals surface area contributed by atoms with E-state index in [0.717, 1.165) is 18.7 Å². The Balaban J connectivity index is 0.00000320. The molecule has 3 rings (SSSR count). The van der Waals surface area contributed by atoms with Gasteiger partial charge in [-0.25, -0.2) is 4.39 Å². The third kappa shape index (κ3) is 6.48. The molecular weight excluding hydrogens is 494 g/mol. The second-order valence-corrected chi connectivity index (χ2v) is 7.28. The van der Waals surface area contributed by atoms with Crippen LogP contribution in [0.2, 0.25) is 0 Å². The minimum Gasteiger partial charge on any atom is -0.491 e. The van der Waals surface area contributed by atoms with Crippen molar-refractivity contribution in [3.8, 4) is 5.75 Å². The van der Waals surface area contributed by atoms with Crippen molar-refractivity contribution in [3.05, 3.63) is 59.4 Å². The lowest BCUT2D eigenvalue weighted by Crippen LogP contribution is -2.38. The largest absolute Gasteiger partial charge is 0.491 e. The first-order chi connectivity index (χ1) is 14.1. The molecule has 30 heavy (non-hydrogen) atoms. The lowest BCUT2D eigenvalue weighted by molar-refractivity contribution is 0.321. The molecule has 2 aromatic carbocycles. The average molecular weight is 526 g/mol. The fraction of sp³-hybridized carbons (Fsp3) is 0.435. The van der Waals surface area contributed by atoms with Crippen LogP contribution in [0.5, 0.6) is 5.75 Å². The number of nitrogens with one attached hydrogen (secondary N) is 2. The van der Waals surface area contributed by atoms with E-state index in [1.165, 1.54) is 30.2 Å². The van der Waals surface area contributed by atoms with Gasteiger partial charge in [-0.3, -0.25) is 4.99 Å². The predicted octanol–water partition coefficient (Wildman–Crippen LogP) is 4.87. The lowest BCUT2D eigenvalue weighted by atomic mass is 10.1. The van der Waals surface area contributed by atoms with E-state index in [-0.39, 0.29) is 41.6 Å². The second-order valence-electron chi connectivity index (χ2n) is 7.28. The number of ether oxygens (including phenoxy) is 1. The van der Waals surface area contributed by atoms with E-state index in [4.69, 9.17) is 4.74 Å². The number of hydrogen-bond donors (Lipinski definition) is 2. The van der Waals surface area contributed by atoms with Gasteiger partial charge in [0.1, 0.15) is 0 Å².